The normalized spacial score (nSPS) is 35.0. The average Bonchev–Trinajstić information content (AvgIpc) is 2.40. The Hall–Kier alpha value is -0.120. The quantitative estimate of drug-likeness (QED) is 0.832. The van der Waals surface area contributed by atoms with E-state index in [0.717, 1.165) is 31.1 Å². The second kappa shape index (κ2) is 6.88. The van der Waals surface area contributed by atoms with Crippen LogP contribution >= 0.6 is 0 Å². The van der Waals surface area contributed by atoms with Crippen molar-refractivity contribution >= 4 is 0 Å². The molecule has 2 fully saturated rings. The fraction of sp³-hybridized carbons (Fsp3) is 1.00. The summed E-state index contributed by atoms with van der Waals surface area (Å²) in [7, 11) is 4.44. The van der Waals surface area contributed by atoms with E-state index >= 15 is 0 Å². The number of hydrogen-bond acceptors (Lipinski definition) is 3. The molecule has 2 rings (SSSR count). The molecule has 1 heterocycles. The van der Waals surface area contributed by atoms with Crippen LogP contribution in [0.2, 0.25) is 0 Å². The predicted octanol–water partition coefficient (Wildman–Crippen LogP) is 2.12. The highest BCUT2D eigenvalue weighted by atomic mass is 16.5. The lowest BCUT2D eigenvalue weighted by atomic mass is 9.82. The average molecular weight is 254 g/mol. The maximum absolute atomic E-state index is 5.46. The number of likely N-dealkylation sites (N-methyl/N-ethyl adjacent to an activating group) is 2. The van der Waals surface area contributed by atoms with Gasteiger partial charge < -0.3 is 15.0 Å². The number of ether oxygens (including phenoxy) is 1. The first-order valence-corrected chi connectivity index (χ1v) is 7.66. The van der Waals surface area contributed by atoms with E-state index in [1.165, 1.54) is 38.6 Å². The van der Waals surface area contributed by atoms with E-state index in [2.05, 4.69) is 31.2 Å². The molecule has 3 nitrogen and oxygen atoms in total. The van der Waals surface area contributed by atoms with E-state index < -0.39 is 0 Å². The van der Waals surface area contributed by atoms with Crippen LogP contribution in [0.5, 0.6) is 0 Å². The van der Waals surface area contributed by atoms with E-state index in [1.807, 2.05) is 0 Å². The van der Waals surface area contributed by atoms with E-state index in [9.17, 15) is 0 Å². The van der Waals surface area contributed by atoms with Crippen LogP contribution in [0.4, 0.5) is 0 Å². The highest BCUT2D eigenvalue weighted by molar-refractivity contribution is 4.89. The van der Waals surface area contributed by atoms with Gasteiger partial charge in [0.1, 0.15) is 0 Å². The van der Waals surface area contributed by atoms with Crippen molar-refractivity contribution in [1.82, 2.24) is 10.2 Å². The van der Waals surface area contributed by atoms with Crippen molar-refractivity contribution in [3.63, 3.8) is 0 Å². The summed E-state index contributed by atoms with van der Waals surface area (Å²) in [5.74, 6) is 1.73. The standard InChI is InChI=1S/C15H30N2O/c1-12-4-5-14(16-2)15(10-12)17(3)11-13-6-8-18-9-7-13/h12-16H,4-11H2,1-3H3. The Morgan fingerprint density at radius 1 is 1.17 bits per heavy atom. The van der Waals surface area contributed by atoms with E-state index in [0.29, 0.717) is 6.04 Å². The summed E-state index contributed by atoms with van der Waals surface area (Å²) < 4.78 is 5.46. The molecule has 18 heavy (non-hydrogen) atoms. The second-order valence-corrected chi connectivity index (χ2v) is 6.38. The van der Waals surface area contributed by atoms with E-state index in [-0.39, 0.29) is 0 Å². The van der Waals surface area contributed by atoms with Gasteiger partial charge in [-0.05, 0) is 58.0 Å². The zero-order valence-electron chi connectivity index (χ0n) is 12.3. The summed E-state index contributed by atoms with van der Waals surface area (Å²) in [4.78, 5) is 2.62. The minimum atomic E-state index is 0.686. The van der Waals surface area contributed by atoms with Crippen LogP contribution in [0.3, 0.4) is 0 Å². The van der Waals surface area contributed by atoms with Gasteiger partial charge >= 0.3 is 0 Å². The Morgan fingerprint density at radius 2 is 1.89 bits per heavy atom. The molecule has 0 amide bonds. The molecule has 106 valence electrons. The summed E-state index contributed by atoms with van der Waals surface area (Å²) in [5, 5.41) is 3.53. The molecular formula is C15H30N2O. The first-order valence-electron chi connectivity index (χ1n) is 7.66. The molecule has 0 aromatic rings. The molecule has 1 aliphatic carbocycles. The molecule has 0 bridgehead atoms. The summed E-state index contributed by atoms with van der Waals surface area (Å²) in [6.07, 6.45) is 6.56. The van der Waals surface area contributed by atoms with E-state index in [1.54, 1.807) is 0 Å². The topological polar surface area (TPSA) is 24.5 Å². The monoisotopic (exact) mass is 254 g/mol. The molecule has 1 aliphatic heterocycles. The van der Waals surface area contributed by atoms with Crippen LogP contribution in [0.25, 0.3) is 0 Å². The van der Waals surface area contributed by atoms with Gasteiger partial charge in [-0.1, -0.05) is 6.92 Å². The minimum absolute atomic E-state index is 0.686. The highest BCUT2D eigenvalue weighted by Crippen LogP contribution is 2.28. The Labute approximate surface area is 112 Å². The number of nitrogens with zero attached hydrogens (tertiary/aromatic N) is 1. The Balaban J connectivity index is 1.86. The van der Waals surface area contributed by atoms with E-state index in [4.69, 9.17) is 4.74 Å². The van der Waals surface area contributed by atoms with Crippen LogP contribution in [-0.4, -0.2) is 50.8 Å². The predicted molar refractivity (Wildman–Crippen MR) is 75.8 cm³/mol. The third-order valence-corrected chi connectivity index (χ3v) is 4.90. The maximum Gasteiger partial charge on any atom is 0.0469 e. The van der Waals surface area contributed by atoms with Gasteiger partial charge in [-0.25, -0.2) is 0 Å². The molecule has 3 heteroatoms. The molecule has 2 aliphatic rings. The van der Waals surface area contributed by atoms with Crippen molar-refractivity contribution in [1.29, 1.82) is 0 Å². The summed E-state index contributed by atoms with van der Waals surface area (Å²) in [6, 6.07) is 1.41. The third kappa shape index (κ3) is 3.69. The van der Waals surface area contributed by atoms with Gasteiger partial charge in [-0.2, -0.15) is 0 Å². The van der Waals surface area contributed by atoms with Crippen LogP contribution in [-0.2, 0) is 4.74 Å². The number of nitrogens with one attached hydrogen (secondary N) is 1. The van der Waals surface area contributed by atoms with Crippen molar-refractivity contribution in [3.8, 4) is 0 Å². The summed E-state index contributed by atoms with van der Waals surface area (Å²) in [5.41, 5.74) is 0. The molecule has 1 saturated carbocycles. The van der Waals surface area contributed by atoms with Gasteiger partial charge in [-0.3, -0.25) is 0 Å². The molecule has 1 saturated heterocycles. The van der Waals surface area contributed by atoms with Gasteiger partial charge in [0.25, 0.3) is 0 Å². The van der Waals surface area contributed by atoms with Crippen molar-refractivity contribution in [2.75, 3.05) is 33.9 Å². The minimum Gasteiger partial charge on any atom is -0.381 e. The van der Waals surface area contributed by atoms with Crippen molar-refractivity contribution < 1.29 is 4.74 Å². The molecule has 1 N–H and O–H groups in total. The lowest BCUT2D eigenvalue weighted by Crippen LogP contribution is -2.52. The molecule has 3 unspecified atom stereocenters. The fourth-order valence-electron chi connectivity index (χ4n) is 3.65. The number of hydrogen-bond donors (Lipinski definition) is 1. The Kier molecular flexibility index (Phi) is 5.46. The van der Waals surface area contributed by atoms with Gasteiger partial charge in [-0.15, -0.1) is 0 Å². The SMILES string of the molecule is CNC1CCC(C)CC1N(C)CC1CCOCC1. The second-order valence-electron chi connectivity index (χ2n) is 6.38. The smallest absolute Gasteiger partial charge is 0.0469 e. The Bertz CT molecular complexity index is 241. The summed E-state index contributed by atoms with van der Waals surface area (Å²) >= 11 is 0. The summed E-state index contributed by atoms with van der Waals surface area (Å²) in [6.45, 7) is 5.59. The van der Waals surface area contributed by atoms with Gasteiger partial charge in [0.15, 0.2) is 0 Å². The van der Waals surface area contributed by atoms with Crippen LogP contribution < -0.4 is 5.32 Å². The largest absolute Gasteiger partial charge is 0.381 e. The molecular weight excluding hydrogens is 224 g/mol. The van der Waals surface area contributed by atoms with Crippen LogP contribution in [0.1, 0.15) is 39.0 Å². The first-order chi connectivity index (χ1) is 8.70. The van der Waals surface area contributed by atoms with Gasteiger partial charge in [0.2, 0.25) is 0 Å². The van der Waals surface area contributed by atoms with Crippen LogP contribution in [0.15, 0.2) is 0 Å². The van der Waals surface area contributed by atoms with Gasteiger partial charge in [0.05, 0.1) is 0 Å². The zero-order valence-corrected chi connectivity index (χ0v) is 12.3. The first kappa shape index (κ1) is 14.3. The molecule has 0 radical (unpaired) electrons. The molecule has 0 aromatic heterocycles. The maximum atomic E-state index is 5.46. The lowest BCUT2D eigenvalue weighted by molar-refractivity contribution is 0.0403. The third-order valence-electron chi connectivity index (χ3n) is 4.90. The van der Waals surface area contributed by atoms with Crippen molar-refractivity contribution in [3.05, 3.63) is 0 Å². The highest BCUT2D eigenvalue weighted by Gasteiger charge is 2.31. The molecule has 3 atom stereocenters. The van der Waals surface area contributed by atoms with Crippen LogP contribution in [0, 0.1) is 11.8 Å². The fourth-order valence-corrected chi connectivity index (χ4v) is 3.65. The Morgan fingerprint density at radius 3 is 2.56 bits per heavy atom. The molecule has 0 aromatic carbocycles. The van der Waals surface area contributed by atoms with Crippen molar-refractivity contribution in [2.24, 2.45) is 11.8 Å². The number of rotatable bonds is 4. The van der Waals surface area contributed by atoms with Gasteiger partial charge in [0, 0.05) is 31.8 Å². The molecule has 0 spiro atoms. The van der Waals surface area contributed by atoms with Crippen molar-refractivity contribution in [2.45, 2.75) is 51.1 Å². The zero-order chi connectivity index (χ0) is 13.0. The lowest BCUT2D eigenvalue weighted by Gasteiger charge is -2.42.